The highest BCUT2D eigenvalue weighted by atomic mass is 32.2. The van der Waals surface area contributed by atoms with Crippen LogP contribution in [-0.4, -0.2) is 11.7 Å². The molecule has 1 amide bonds. The van der Waals surface area contributed by atoms with Crippen LogP contribution in [0.5, 0.6) is 0 Å². The molecule has 2 aromatic carbocycles. The molecule has 3 heteroatoms. The molecule has 0 saturated carbocycles. The average molecular weight is 299 g/mol. The van der Waals surface area contributed by atoms with E-state index in [9.17, 15) is 4.79 Å². The highest BCUT2D eigenvalue weighted by molar-refractivity contribution is 7.99. The highest BCUT2D eigenvalue weighted by Gasteiger charge is 2.02. The van der Waals surface area contributed by atoms with Crippen molar-refractivity contribution in [2.45, 2.75) is 26.1 Å². The predicted molar refractivity (Wildman–Crippen MR) is 90.4 cm³/mol. The summed E-state index contributed by atoms with van der Waals surface area (Å²) in [4.78, 5) is 11.8. The number of nitrogens with one attached hydrogen (secondary N) is 1. The summed E-state index contributed by atoms with van der Waals surface area (Å²) in [5.74, 6) is 1.46. The van der Waals surface area contributed by atoms with Crippen molar-refractivity contribution in [2.75, 3.05) is 5.75 Å². The fraction of sp³-hybridized carbons (Fsp3) is 0.278. The van der Waals surface area contributed by atoms with Gasteiger partial charge >= 0.3 is 0 Å². The summed E-state index contributed by atoms with van der Waals surface area (Å²) in [6.45, 7) is 4.74. The van der Waals surface area contributed by atoms with Crippen molar-refractivity contribution in [3.05, 3.63) is 70.8 Å². The summed E-state index contributed by atoms with van der Waals surface area (Å²) in [6.07, 6.45) is 0. The van der Waals surface area contributed by atoms with Crippen LogP contribution in [0.4, 0.5) is 0 Å². The summed E-state index contributed by atoms with van der Waals surface area (Å²) in [5, 5.41) is 2.96. The van der Waals surface area contributed by atoms with Crippen molar-refractivity contribution in [3.63, 3.8) is 0 Å². The normalized spacial score (nSPS) is 10.4. The summed E-state index contributed by atoms with van der Waals surface area (Å²) in [7, 11) is 0. The van der Waals surface area contributed by atoms with Crippen molar-refractivity contribution in [1.29, 1.82) is 0 Å². The van der Waals surface area contributed by atoms with E-state index in [-0.39, 0.29) is 5.91 Å². The molecule has 0 aliphatic carbocycles. The topological polar surface area (TPSA) is 29.1 Å². The summed E-state index contributed by atoms with van der Waals surface area (Å²) in [6, 6.07) is 16.7. The first kappa shape index (κ1) is 15.6. The standard InChI is InChI=1S/C18H21NOS/c1-14-6-8-16(9-7-14)12-21-13-18(20)19-11-17-5-3-4-15(2)10-17/h3-10H,11-13H2,1-2H3,(H,19,20). The first-order chi connectivity index (χ1) is 10.1. The van der Waals surface area contributed by atoms with Gasteiger partial charge in [-0.1, -0.05) is 59.7 Å². The summed E-state index contributed by atoms with van der Waals surface area (Å²) >= 11 is 1.65. The second-order valence-electron chi connectivity index (χ2n) is 5.24. The SMILES string of the molecule is Cc1ccc(CSCC(=O)NCc2cccc(C)c2)cc1. The van der Waals surface area contributed by atoms with Crippen LogP contribution < -0.4 is 5.32 Å². The van der Waals surface area contributed by atoms with Gasteiger partial charge in [-0.25, -0.2) is 0 Å². The van der Waals surface area contributed by atoms with Gasteiger partial charge in [-0.15, -0.1) is 11.8 Å². The molecule has 2 rings (SSSR count). The Bertz CT molecular complexity index is 592. The van der Waals surface area contributed by atoms with Crippen LogP contribution in [0, 0.1) is 13.8 Å². The predicted octanol–water partition coefficient (Wildman–Crippen LogP) is 3.85. The number of benzene rings is 2. The molecule has 110 valence electrons. The van der Waals surface area contributed by atoms with Gasteiger partial charge in [-0.05, 0) is 25.0 Å². The van der Waals surface area contributed by atoms with Crippen LogP contribution in [0.3, 0.4) is 0 Å². The first-order valence-electron chi connectivity index (χ1n) is 7.09. The zero-order chi connectivity index (χ0) is 15.1. The average Bonchev–Trinajstić information content (AvgIpc) is 2.47. The number of hydrogen-bond acceptors (Lipinski definition) is 2. The zero-order valence-electron chi connectivity index (χ0n) is 12.6. The molecule has 0 aliphatic rings. The molecule has 0 unspecified atom stereocenters. The van der Waals surface area contributed by atoms with Crippen LogP contribution in [0.1, 0.15) is 22.3 Å². The molecule has 2 nitrogen and oxygen atoms in total. The second-order valence-corrected chi connectivity index (χ2v) is 6.23. The molecule has 0 bridgehead atoms. The van der Waals surface area contributed by atoms with E-state index in [1.165, 1.54) is 16.7 Å². The molecule has 0 atom stereocenters. The minimum absolute atomic E-state index is 0.0913. The first-order valence-corrected chi connectivity index (χ1v) is 8.24. The van der Waals surface area contributed by atoms with Gasteiger partial charge in [0, 0.05) is 12.3 Å². The van der Waals surface area contributed by atoms with Crippen molar-refractivity contribution < 1.29 is 4.79 Å². The van der Waals surface area contributed by atoms with Gasteiger partial charge in [-0.3, -0.25) is 4.79 Å². The number of carbonyl (C=O) groups is 1. The lowest BCUT2D eigenvalue weighted by Crippen LogP contribution is -2.24. The van der Waals surface area contributed by atoms with Gasteiger partial charge in [0.05, 0.1) is 5.75 Å². The number of rotatable bonds is 6. The third-order valence-electron chi connectivity index (χ3n) is 3.19. The minimum atomic E-state index is 0.0913. The Morgan fingerprint density at radius 2 is 1.76 bits per heavy atom. The van der Waals surface area contributed by atoms with Gasteiger partial charge < -0.3 is 5.32 Å². The van der Waals surface area contributed by atoms with Crippen LogP contribution in [0.15, 0.2) is 48.5 Å². The molecular formula is C18H21NOS. The van der Waals surface area contributed by atoms with Crippen LogP contribution in [0.25, 0.3) is 0 Å². The third kappa shape index (κ3) is 5.64. The number of amides is 1. The maximum Gasteiger partial charge on any atom is 0.230 e. The van der Waals surface area contributed by atoms with E-state index in [4.69, 9.17) is 0 Å². The molecule has 0 aliphatic heterocycles. The number of hydrogen-bond donors (Lipinski definition) is 1. The third-order valence-corrected chi connectivity index (χ3v) is 4.20. The Balaban J connectivity index is 1.69. The van der Waals surface area contributed by atoms with E-state index >= 15 is 0 Å². The number of thioether (sulfide) groups is 1. The van der Waals surface area contributed by atoms with E-state index in [0.717, 1.165) is 11.3 Å². The Kier molecular flexibility index (Phi) is 5.88. The molecule has 0 saturated heterocycles. The lowest BCUT2D eigenvalue weighted by molar-refractivity contribution is -0.118. The van der Waals surface area contributed by atoms with E-state index < -0.39 is 0 Å². The molecular weight excluding hydrogens is 278 g/mol. The van der Waals surface area contributed by atoms with Gasteiger partial charge in [0.25, 0.3) is 0 Å². The molecule has 0 aromatic heterocycles. The molecule has 0 heterocycles. The van der Waals surface area contributed by atoms with Gasteiger partial charge in [0.15, 0.2) is 0 Å². The Morgan fingerprint density at radius 3 is 2.48 bits per heavy atom. The molecule has 0 fully saturated rings. The lowest BCUT2D eigenvalue weighted by atomic mass is 10.1. The van der Waals surface area contributed by atoms with Gasteiger partial charge in [0.2, 0.25) is 5.91 Å². The number of carbonyl (C=O) groups excluding carboxylic acids is 1. The monoisotopic (exact) mass is 299 g/mol. The van der Waals surface area contributed by atoms with Crippen molar-refractivity contribution in [1.82, 2.24) is 5.32 Å². The fourth-order valence-corrected chi connectivity index (χ4v) is 2.84. The number of aryl methyl sites for hydroxylation is 2. The molecule has 21 heavy (non-hydrogen) atoms. The summed E-state index contributed by atoms with van der Waals surface area (Å²) in [5.41, 5.74) is 4.89. The Labute approximate surface area is 131 Å². The van der Waals surface area contributed by atoms with Gasteiger partial charge in [-0.2, -0.15) is 0 Å². The van der Waals surface area contributed by atoms with Gasteiger partial charge in [0.1, 0.15) is 0 Å². The van der Waals surface area contributed by atoms with Crippen LogP contribution >= 0.6 is 11.8 Å². The second kappa shape index (κ2) is 7.89. The Hall–Kier alpha value is -1.74. The maximum absolute atomic E-state index is 11.8. The van der Waals surface area contributed by atoms with E-state index in [0.29, 0.717) is 12.3 Å². The van der Waals surface area contributed by atoms with Crippen molar-refractivity contribution in [2.24, 2.45) is 0 Å². The van der Waals surface area contributed by atoms with E-state index in [1.807, 2.05) is 12.1 Å². The van der Waals surface area contributed by atoms with Crippen molar-refractivity contribution >= 4 is 17.7 Å². The Morgan fingerprint density at radius 1 is 1.00 bits per heavy atom. The summed E-state index contributed by atoms with van der Waals surface area (Å²) < 4.78 is 0. The fourth-order valence-electron chi connectivity index (χ4n) is 2.02. The molecule has 1 N–H and O–H groups in total. The van der Waals surface area contributed by atoms with E-state index in [1.54, 1.807) is 11.8 Å². The highest BCUT2D eigenvalue weighted by Crippen LogP contribution is 2.12. The minimum Gasteiger partial charge on any atom is -0.351 e. The molecule has 0 radical (unpaired) electrons. The van der Waals surface area contributed by atoms with Crippen LogP contribution in [-0.2, 0) is 17.1 Å². The maximum atomic E-state index is 11.8. The van der Waals surface area contributed by atoms with Crippen molar-refractivity contribution in [3.8, 4) is 0 Å². The molecule has 2 aromatic rings. The molecule has 0 spiro atoms. The van der Waals surface area contributed by atoms with Crippen LogP contribution in [0.2, 0.25) is 0 Å². The smallest absolute Gasteiger partial charge is 0.230 e. The lowest BCUT2D eigenvalue weighted by Gasteiger charge is -2.06. The zero-order valence-corrected chi connectivity index (χ0v) is 13.4. The van der Waals surface area contributed by atoms with E-state index in [2.05, 4.69) is 55.6 Å². The quantitative estimate of drug-likeness (QED) is 0.877. The largest absolute Gasteiger partial charge is 0.351 e.